The average Bonchev–Trinajstić information content (AvgIpc) is 2.79. The van der Waals surface area contributed by atoms with Crippen molar-refractivity contribution in [3.8, 4) is 0 Å². The van der Waals surface area contributed by atoms with Crippen LogP contribution in [0.1, 0.15) is 49.8 Å². The molecule has 1 aliphatic carbocycles. The van der Waals surface area contributed by atoms with Gasteiger partial charge in [-0.25, -0.2) is 0 Å². The molecule has 3 nitrogen and oxygen atoms in total. The van der Waals surface area contributed by atoms with Crippen molar-refractivity contribution < 1.29 is 4.79 Å². The van der Waals surface area contributed by atoms with E-state index in [4.69, 9.17) is 0 Å². The molecule has 1 amide bonds. The molecule has 0 aromatic heterocycles. The Morgan fingerprint density at radius 3 is 2.80 bits per heavy atom. The second-order valence-electron chi connectivity index (χ2n) is 6.26. The van der Waals surface area contributed by atoms with Gasteiger partial charge >= 0.3 is 0 Å². The fourth-order valence-corrected chi connectivity index (χ4v) is 3.60. The Hall–Kier alpha value is -1.35. The molecular formula is C17H24N2O. The minimum atomic E-state index is 0.0547. The smallest absolute Gasteiger partial charge is 0.237 e. The van der Waals surface area contributed by atoms with Crippen molar-refractivity contribution in [2.75, 3.05) is 7.05 Å². The summed E-state index contributed by atoms with van der Waals surface area (Å²) >= 11 is 0. The van der Waals surface area contributed by atoms with Crippen molar-refractivity contribution in [3.05, 3.63) is 35.4 Å². The summed E-state index contributed by atoms with van der Waals surface area (Å²) in [5, 5.41) is 3.29. The molecule has 1 aromatic carbocycles. The number of carbonyl (C=O) groups is 1. The molecule has 0 bridgehead atoms. The predicted octanol–water partition coefficient (Wildman–Crippen LogP) is 2.66. The maximum atomic E-state index is 12.5. The van der Waals surface area contributed by atoms with Gasteiger partial charge in [0.15, 0.2) is 0 Å². The highest BCUT2D eigenvalue weighted by Crippen LogP contribution is 2.30. The Labute approximate surface area is 121 Å². The van der Waals surface area contributed by atoms with E-state index in [1.807, 2.05) is 0 Å². The topological polar surface area (TPSA) is 32.3 Å². The standard InChI is InChI=1S/C17H24N2O/c1-12-10-11-16(19(12)2)17(20)18-15-9-5-7-13-6-3-4-8-14(13)15/h3-4,6,8,12,15-16H,5,7,9-11H2,1-2H3,(H,18,20)/t12-,15?,16-/m0/s1. The van der Waals surface area contributed by atoms with Crippen molar-refractivity contribution in [1.29, 1.82) is 0 Å². The van der Waals surface area contributed by atoms with E-state index in [1.165, 1.54) is 17.5 Å². The number of aryl methyl sites for hydroxylation is 1. The van der Waals surface area contributed by atoms with Crippen LogP contribution in [0.3, 0.4) is 0 Å². The van der Waals surface area contributed by atoms with Crippen LogP contribution in [0.2, 0.25) is 0 Å². The van der Waals surface area contributed by atoms with Gasteiger partial charge in [0.25, 0.3) is 0 Å². The molecule has 1 saturated heterocycles. The first-order chi connectivity index (χ1) is 9.66. The molecule has 1 aromatic rings. The van der Waals surface area contributed by atoms with Gasteiger partial charge in [0.2, 0.25) is 5.91 Å². The number of hydrogen-bond acceptors (Lipinski definition) is 2. The van der Waals surface area contributed by atoms with Gasteiger partial charge in [-0.3, -0.25) is 9.69 Å². The fourth-order valence-electron chi connectivity index (χ4n) is 3.60. The zero-order valence-corrected chi connectivity index (χ0v) is 12.4. The van der Waals surface area contributed by atoms with Gasteiger partial charge < -0.3 is 5.32 Å². The highest BCUT2D eigenvalue weighted by Gasteiger charge is 2.34. The largest absolute Gasteiger partial charge is 0.348 e. The van der Waals surface area contributed by atoms with E-state index < -0.39 is 0 Å². The Kier molecular flexibility index (Phi) is 3.79. The van der Waals surface area contributed by atoms with Crippen LogP contribution in [0.4, 0.5) is 0 Å². The minimum absolute atomic E-state index is 0.0547. The molecule has 1 N–H and O–H groups in total. The number of fused-ring (bicyclic) bond motifs is 1. The number of likely N-dealkylation sites (N-methyl/N-ethyl adjacent to an activating group) is 1. The fraction of sp³-hybridized carbons (Fsp3) is 0.588. The summed E-state index contributed by atoms with van der Waals surface area (Å²) in [5.41, 5.74) is 2.72. The van der Waals surface area contributed by atoms with Gasteiger partial charge in [-0.15, -0.1) is 0 Å². The van der Waals surface area contributed by atoms with E-state index in [-0.39, 0.29) is 18.0 Å². The van der Waals surface area contributed by atoms with Gasteiger partial charge in [-0.1, -0.05) is 24.3 Å². The van der Waals surface area contributed by atoms with Crippen LogP contribution in [-0.4, -0.2) is 29.9 Å². The lowest BCUT2D eigenvalue weighted by Crippen LogP contribution is -2.45. The third-order valence-corrected chi connectivity index (χ3v) is 5.03. The quantitative estimate of drug-likeness (QED) is 0.897. The normalized spacial score (nSPS) is 30.0. The average molecular weight is 272 g/mol. The number of rotatable bonds is 2. The molecule has 3 rings (SSSR count). The van der Waals surface area contributed by atoms with Gasteiger partial charge in [0, 0.05) is 6.04 Å². The molecule has 0 spiro atoms. The first kappa shape index (κ1) is 13.6. The maximum Gasteiger partial charge on any atom is 0.237 e. The van der Waals surface area contributed by atoms with Crippen LogP contribution in [-0.2, 0) is 11.2 Å². The summed E-state index contributed by atoms with van der Waals surface area (Å²) in [4.78, 5) is 14.7. The van der Waals surface area contributed by atoms with Gasteiger partial charge in [0.1, 0.15) is 0 Å². The molecule has 108 valence electrons. The molecule has 1 heterocycles. The number of nitrogens with zero attached hydrogens (tertiary/aromatic N) is 1. The maximum absolute atomic E-state index is 12.5. The number of amides is 1. The molecule has 3 heteroatoms. The molecule has 3 atom stereocenters. The van der Waals surface area contributed by atoms with Gasteiger partial charge in [0.05, 0.1) is 12.1 Å². The predicted molar refractivity (Wildman–Crippen MR) is 80.5 cm³/mol. The zero-order chi connectivity index (χ0) is 14.1. The van der Waals surface area contributed by atoms with Crippen molar-refractivity contribution in [2.24, 2.45) is 0 Å². The Bertz CT molecular complexity index is 500. The molecule has 2 aliphatic rings. The lowest BCUT2D eigenvalue weighted by Gasteiger charge is -2.29. The SMILES string of the molecule is C[C@H]1CC[C@@H](C(=O)NC2CCCc3ccccc32)N1C. The van der Waals surface area contributed by atoms with Crippen LogP contribution in [0.5, 0.6) is 0 Å². The molecule has 1 fully saturated rings. The van der Waals surface area contributed by atoms with Crippen molar-refractivity contribution in [1.82, 2.24) is 10.2 Å². The van der Waals surface area contributed by atoms with Crippen molar-refractivity contribution >= 4 is 5.91 Å². The summed E-state index contributed by atoms with van der Waals surface area (Å²) in [6.07, 6.45) is 5.48. The van der Waals surface area contributed by atoms with E-state index in [1.54, 1.807) is 0 Å². The number of nitrogens with one attached hydrogen (secondary N) is 1. The summed E-state index contributed by atoms with van der Waals surface area (Å²) in [6.45, 7) is 2.20. The van der Waals surface area contributed by atoms with Crippen LogP contribution < -0.4 is 5.32 Å². The summed E-state index contributed by atoms with van der Waals surface area (Å²) < 4.78 is 0. The molecule has 20 heavy (non-hydrogen) atoms. The molecule has 0 saturated carbocycles. The monoisotopic (exact) mass is 272 g/mol. The molecule has 0 radical (unpaired) electrons. The van der Waals surface area contributed by atoms with Gasteiger partial charge in [-0.05, 0) is 57.2 Å². The van der Waals surface area contributed by atoms with Crippen molar-refractivity contribution in [2.45, 2.75) is 57.2 Å². The van der Waals surface area contributed by atoms with Crippen LogP contribution in [0.15, 0.2) is 24.3 Å². The first-order valence-electron chi connectivity index (χ1n) is 7.77. The lowest BCUT2D eigenvalue weighted by molar-refractivity contribution is -0.126. The Morgan fingerprint density at radius 1 is 1.25 bits per heavy atom. The Balaban J connectivity index is 1.71. The van der Waals surface area contributed by atoms with E-state index in [9.17, 15) is 4.79 Å². The van der Waals surface area contributed by atoms with E-state index in [2.05, 4.69) is 48.5 Å². The summed E-state index contributed by atoms with van der Waals surface area (Å²) in [5.74, 6) is 0.207. The lowest BCUT2D eigenvalue weighted by atomic mass is 9.87. The Morgan fingerprint density at radius 2 is 2.05 bits per heavy atom. The minimum Gasteiger partial charge on any atom is -0.348 e. The molecular weight excluding hydrogens is 248 g/mol. The molecule has 1 aliphatic heterocycles. The van der Waals surface area contributed by atoms with E-state index in [0.29, 0.717) is 6.04 Å². The molecule has 1 unspecified atom stereocenters. The second-order valence-corrected chi connectivity index (χ2v) is 6.26. The van der Waals surface area contributed by atoms with E-state index >= 15 is 0 Å². The third-order valence-electron chi connectivity index (χ3n) is 5.03. The van der Waals surface area contributed by atoms with Crippen LogP contribution in [0.25, 0.3) is 0 Å². The van der Waals surface area contributed by atoms with E-state index in [0.717, 1.165) is 25.7 Å². The van der Waals surface area contributed by atoms with Crippen LogP contribution >= 0.6 is 0 Å². The summed E-state index contributed by atoms with van der Waals surface area (Å²) in [6, 6.07) is 9.31. The second kappa shape index (κ2) is 5.57. The number of carbonyl (C=O) groups excluding carboxylic acids is 1. The summed E-state index contributed by atoms with van der Waals surface area (Å²) in [7, 11) is 2.07. The first-order valence-corrected chi connectivity index (χ1v) is 7.77. The highest BCUT2D eigenvalue weighted by molar-refractivity contribution is 5.82. The zero-order valence-electron chi connectivity index (χ0n) is 12.4. The third kappa shape index (κ3) is 2.47. The van der Waals surface area contributed by atoms with Gasteiger partial charge in [-0.2, -0.15) is 0 Å². The van der Waals surface area contributed by atoms with Crippen molar-refractivity contribution in [3.63, 3.8) is 0 Å². The van der Waals surface area contributed by atoms with Crippen LogP contribution in [0, 0.1) is 0 Å². The highest BCUT2D eigenvalue weighted by atomic mass is 16.2. The number of benzene rings is 1. The number of likely N-dealkylation sites (tertiary alicyclic amines) is 1. The number of hydrogen-bond donors (Lipinski definition) is 1.